The van der Waals surface area contributed by atoms with E-state index < -0.39 is 0 Å². The Morgan fingerprint density at radius 1 is 1.04 bits per heavy atom. The topological polar surface area (TPSA) is 49.0 Å². The first-order chi connectivity index (χ1) is 11.4. The number of rotatable bonds is 4. The molecule has 4 rings (SSSR count). The average molecular weight is 308 g/mol. The number of nitrogens with zero attached hydrogens (tertiary/aromatic N) is 1. The van der Waals surface area contributed by atoms with Crippen LogP contribution in [-0.2, 0) is 0 Å². The molecular formula is C19H24N4. The summed E-state index contributed by atoms with van der Waals surface area (Å²) in [7, 11) is 0. The van der Waals surface area contributed by atoms with Crippen LogP contribution >= 0.6 is 0 Å². The van der Waals surface area contributed by atoms with Gasteiger partial charge in [-0.3, -0.25) is 15.8 Å². The van der Waals surface area contributed by atoms with Crippen molar-refractivity contribution in [1.82, 2.24) is 21.2 Å². The summed E-state index contributed by atoms with van der Waals surface area (Å²) in [5, 5.41) is 3.88. The van der Waals surface area contributed by atoms with Gasteiger partial charge in [0.2, 0.25) is 0 Å². The van der Waals surface area contributed by atoms with Crippen LogP contribution in [0.2, 0.25) is 0 Å². The monoisotopic (exact) mass is 308 g/mol. The number of aromatic nitrogens is 1. The lowest BCUT2D eigenvalue weighted by Gasteiger charge is -2.34. The van der Waals surface area contributed by atoms with Gasteiger partial charge in [-0.15, -0.1) is 0 Å². The molecule has 3 N–H and O–H groups in total. The van der Waals surface area contributed by atoms with E-state index in [0.717, 1.165) is 18.2 Å². The summed E-state index contributed by atoms with van der Waals surface area (Å²) in [5.74, 6) is 0.737. The van der Waals surface area contributed by atoms with Gasteiger partial charge in [0.25, 0.3) is 0 Å². The van der Waals surface area contributed by atoms with Crippen LogP contribution in [0.3, 0.4) is 0 Å². The Kier molecular flexibility index (Phi) is 4.37. The summed E-state index contributed by atoms with van der Waals surface area (Å²) in [4.78, 5) is 4.60. The molecule has 2 aliphatic rings. The largest absolute Gasteiger partial charge is 0.302 e. The van der Waals surface area contributed by atoms with Crippen molar-refractivity contribution < 1.29 is 0 Å². The highest BCUT2D eigenvalue weighted by molar-refractivity contribution is 5.27. The second-order valence-corrected chi connectivity index (χ2v) is 6.67. The van der Waals surface area contributed by atoms with Gasteiger partial charge in [-0.2, -0.15) is 0 Å². The summed E-state index contributed by atoms with van der Waals surface area (Å²) in [6.07, 6.45) is 5.56. The molecule has 0 bridgehead atoms. The predicted molar refractivity (Wildman–Crippen MR) is 91.7 cm³/mol. The van der Waals surface area contributed by atoms with E-state index in [-0.39, 0.29) is 6.04 Å². The molecule has 1 aliphatic heterocycles. The Balaban J connectivity index is 1.54. The van der Waals surface area contributed by atoms with Crippen molar-refractivity contribution in [3.8, 4) is 0 Å². The Labute approximate surface area is 137 Å². The van der Waals surface area contributed by atoms with Gasteiger partial charge in [-0.05, 0) is 42.9 Å². The second-order valence-electron chi connectivity index (χ2n) is 6.67. The highest BCUT2D eigenvalue weighted by atomic mass is 15.4. The van der Waals surface area contributed by atoms with Crippen molar-refractivity contribution in [3.63, 3.8) is 0 Å². The lowest BCUT2D eigenvalue weighted by Crippen LogP contribution is -2.43. The van der Waals surface area contributed by atoms with Gasteiger partial charge >= 0.3 is 0 Å². The normalized spacial score (nSPS) is 28.3. The van der Waals surface area contributed by atoms with Crippen LogP contribution in [0, 0.1) is 5.92 Å². The number of fused-ring (bicyclic) bond motifs is 1. The van der Waals surface area contributed by atoms with E-state index in [1.165, 1.54) is 24.8 Å². The summed E-state index contributed by atoms with van der Waals surface area (Å²) in [6, 6.07) is 18.2. The van der Waals surface area contributed by atoms with Crippen molar-refractivity contribution in [2.45, 2.75) is 37.4 Å². The van der Waals surface area contributed by atoms with Crippen LogP contribution < -0.4 is 16.2 Å². The molecule has 2 aromatic rings. The minimum atomic E-state index is 0.168. The number of nitrogens with one attached hydrogen (secondary N) is 3. The van der Waals surface area contributed by atoms with Crippen LogP contribution in [0.25, 0.3) is 0 Å². The average Bonchev–Trinajstić information content (AvgIpc) is 3.09. The Hall–Kier alpha value is -1.75. The molecule has 1 aliphatic carbocycles. The zero-order valence-electron chi connectivity index (χ0n) is 13.3. The van der Waals surface area contributed by atoms with Gasteiger partial charge in [0, 0.05) is 24.8 Å². The lowest BCUT2D eigenvalue weighted by atomic mass is 9.82. The maximum absolute atomic E-state index is 4.60. The first-order valence-electron chi connectivity index (χ1n) is 8.60. The van der Waals surface area contributed by atoms with Crippen molar-refractivity contribution in [3.05, 3.63) is 66.0 Å². The molecule has 2 heterocycles. The summed E-state index contributed by atoms with van der Waals surface area (Å²) < 4.78 is 0. The molecule has 4 nitrogen and oxygen atoms in total. The zero-order valence-corrected chi connectivity index (χ0v) is 13.3. The number of hydrogen-bond acceptors (Lipinski definition) is 4. The van der Waals surface area contributed by atoms with Gasteiger partial charge in [-0.1, -0.05) is 36.4 Å². The van der Waals surface area contributed by atoms with Crippen molar-refractivity contribution in [2.24, 2.45) is 5.92 Å². The fourth-order valence-electron chi connectivity index (χ4n) is 3.93. The quantitative estimate of drug-likeness (QED) is 0.812. The molecule has 1 saturated carbocycles. The summed E-state index contributed by atoms with van der Waals surface area (Å²) in [5.41, 5.74) is 9.11. The summed E-state index contributed by atoms with van der Waals surface area (Å²) >= 11 is 0. The highest BCUT2D eigenvalue weighted by Crippen LogP contribution is 2.29. The van der Waals surface area contributed by atoms with Crippen molar-refractivity contribution in [1.29, 1.82) is 0 Å². The zero-order chi connectivity index (χ0) is 15.5. The number of hydrazine groups is 1. The molecule has 23 heavy (non-hydrogen) atoms. The van der Waals surface area contributed by atoms with Crippen LogP contribution in [0.15, 0.2) is 54.7 Å². The molecule has 2 fully saturated rings. The van der Waals surface area contributed by atoms with E-state index in [1.807, 2.05) is 12.3 Å². The fraction of sp³-hybridized carbons (Fsp3) is 0.421. The molecule has 4 heteroatoms. The Morgan fingerprint density at radius 2 is 1.91 bits per heavy atom. The van der Waals surface area contributed by atoms with Gasteiger partial charge in [0.05, 0.1) is 11.7 Å². The first-order valence-corrected chi connectivity index (χ1v) is 8.60. The van der Waals surface area contributed by atoms with Crippen molar-refractivity contribution in [2.75, 3.05) is 6.54 Å². The lowest BCUT2D eigenvalue weighted by molar-refractivity contribution is 0.261. The minimum Gasteiger partial charge on any atom is -0.302 e. The van der Waals surface area contributed by atoms with Crippen molar-refractivity contribution >= 4 is 0 Å². The number of pyridine rings is 1. The SMILES string of the molecule is c1ccc(C(NC2CCC3NNCC3C2)c2ccccn2)cc1. The van der Waals surface area contributed by atoms with E-state index in [4.69, 9.17) is 0 Å². The third-order valence-electron chi connectivity index (χ3n) is 5.15. The third kappa shape index (κ3) is 3.29. The Bertz CT molecular complexity index is 576. The molecule has 4 atom stereocenters. The molecule has 0 amide bonds. The molecule has 120 valence electrons. The van der Waals surface area contributed by atoms with E-state index in [2.05, 4.69) is 63.6 Å². The van der Waals surface area contributed by atoms with E-state index in [0.29, 0.717) is 12.1 Å². The Morgan fingerprint density at radius 3 is 2.74 bits per heavy atom. The van der Waals surface area contributed by atoms with Crippen LogP contribution in [0.1, 0.15) is 36.6 Å². The summed E-state index contributed by atoms with van der Waals surface area (Å²) in [6.45, 7) is 1.09. The highest BCUT2D eigenvalue weighted by Gasteiger charge is 2.34. The van der Waals surface area contributed by atoms with E-state index in [1.54, 1.807) is 0 Å². The van der Waals surface area contributed by atoms with E-state index >= 15 is 0 Å². The molecular weight excluding hydrogens is 284 g/mol. The fourth-order valence-corrected chi connectivity index (χ4v) is 3.93. The maximum Gasteiger partial charge on any atom is 0.0753 e. The van der Waals surface area contributed by atoms with Gasteiger partial charge in [-0.25, -0.2) is 0 Å². The first kappa shape index (κ1) is 14.8. The van der Waals surface area contributed by atoms with Gasteiger partial charge in [0.1, 0.15) is 0 Å². The molecule has 0 spiro atoms. The predicted octanol–water partition coefficient (Wildman–Crippen LogP) is 2.41. The number of hydrogen-bond donors (Lipinski definition) is 3. The maximum atomic E-state index is 4.60. The molecule has 0 radical (unpaired) electrons. The molecule has 4 unspecified atom stereocenters. The van der Waals surface area contributed by atoms with Gasteiger partial charge < -0.3 is 5.32 Å². The van der Waals surface area contributed by atoms with Crippen LogP contribution in [0.5, 0.6) is 0 Å². The number of benzene rings is 1. The smallest absolute Gasteiger partial charge is 0.0753 e. The minimum absolute atomic E-state index is 0.168. The molecule has 1 aromatic carbocycles. The second kappa shape index (κ2) is 6.79. The molecule has 1 saturated heterocycles. The molecule has 1 aromatic heterocycles. The standard InChI is InChI=1S/C19H24N4/c1-2-6-14(7-3-1)19(18-8-4-5-11-20-18)22-16-9-10-17-15(12-16)13-21-23-17/h1-8,11,15-17,19,21-23H,9-10,12-13H2. The van der Waals surface area contributed by atoms with Gasteiger partial charge in [0.15, 0.2) is 0 Å². The van der Waals surface area contributed by atoms with Crippen LogP contribution in [0.4, 0.5) is 0 Å². The van der Waals surface area contributed by atoms with E-state index in [9.17, 15) is 0 Å². The van der Waals surface area contributed by atoms with Crippen LogP contribution in [-0.4, -0.2) is 23.6 Å². The third-order valence-corrected chi connectivity index (χ3v) is 5.15.